The van der Waals surface area contributed by atoms with Crippen molar-refractivity contribution < 1.29 is 14.6 Å². The first kappa shape index (κ1) is 15.9. The number of nitrogens with zero attached hydrogens (tertiary/aromatic N) is 2. The largest absolute Gasteiger partial charge is 0.422 e. The molecule has 0 saturated carbocycles. The van der Waals surface area contributed by atoms with Crippen molar-refractivity contribution in [2.45, 2.75) is 0 Å². The van der Waals surface area contributed by atoms with Crippen molar-refractivity contribution in [3.8, 4) is 22.6 Å². The first-order valence-corrected chi connectivity index (χ1v) is 7.46. The van der Waals surface area contributed by atoms with Gasteiger partial charge in [0.1, 0.15) is 5.69 Å². The summed E-state index contributed by atoms with van der Waals surface area (Å²) in [6.45, 7) is -0.692. The molecule has 1 heterocycles. The molecular weight excluding hydrogens is 306 g/mol. The van der Waals surface area contributed by atoms with E-state index in [1.807, 2.05) is 60.7 Å². The quantitative estimate of drug-likeness (QED) is 0.479. The zero-order valence-electron chi connectivity index (χ0n) is 12.9. The van der Waals surface area contributed by atoms with E-state index in [0.29, 0.717) is 11.5 Å². The summed E-state index contributed by atoms with van der Waals surface area (Å²) in [4.78, 5) is 4.45. The lowest BCUT2D eigenvalue weighted by atomic mass is 10.1. The van der Waals surface area contributed by atoms with Crippen LogP contribution in [-0.4, -0.2) is 34.1 Å². The van der Waals surface area contributed by atoms with Crippen LogP contribution in [0.1, 0.15) is 0 Å². The fourth-order valence-electron chi connectivity index (χ4n) is 2.19. The number of hydrogen-bond donors (Lipinski definition) is 3. The van der Waals surface area contributed by atoms with Crippen molar-refractivity contribution in [1.29, 1.82) is 0 Å². The average molecular weight is 323 g/mol. The maximum absolute atomic E-state index is 9.04. The Morgan fingerprint density at radius 3 is 2.08 bits per heavy atom. The van der Waals surface area contributed by atoms with Gasteiger partial charge in [0.15, 0.2) is 5.76 Å². The summed E-state index contributed by atoms with van der Waals surface area (Å²) in [5.74, 6) is 0.619. The van der Waals surface area contributed by atoms with Gasteiger partial charge < -0.3 is 14.6 Å². The van der Waals surface area contributed by atoms with Crippen molar-refractivity contribution in [2.75, 3.05) is 18.6 Å². The van der Waals surface area contributed by atoms with E-state index in [1.165, 1.54) is 0 Å². The molecule has 122 valence electrons. The maximum Gasteiger partial charge on any atom is 0.316 e. The lowest BCUT2D eigenvalue weighted by molar-refractivity contribution is 0.319. The van der Waals surface area contributed by atoms with E-state index in [0.717, 1.165) is 11.1 Å². The van der Waals surface area contributed by atoms with Crippen LogP contribution in [0.2, 0.25) is 0 Å². The standard InChI is InChI=1S/C18H17N3O3/c22-11-15(12-23)20-21-18-19-16(13-7-3-1-4-8-13)17(24-18)14-9-5-2-6-10-14/h1-10,22-23H,11-12H2,(H,19,21). The highest BCUT2D eigenvalue weighted by Crippen LogP contribution is 2.34. The predicted octanol–water partition coefficient (Wildman–Crippen LogP) is 2.76. The Kier molecular flexibility index (Phi) is 5.00. The highest BCUT2D eigenvalue weighted by atomic mass is 16.4. The van der Waals surface area contributed by atoms with E-state index >= 15 is 0 Å². The number of nitrogens with one attached hydrogen (secondary N) is 1. The molecule has 0 amide bonds. The number of aliphatic hydroxyl groups is 2. The Bertz CT molecular complexity index is 751. The van der Waals surface area contributed by atoms with Gasteiger partial charge in [-0.05, 0) is 0 Å². The van der Waals surface area contributed by atoms with E-state index < -0.39 is 0 Å². The third kappa shape index (κ3) is 3.51. The van der Waals surface area contributed by atoms with Gasteiger partial charge in [0.2, 0.25) is 0 Å². The van der Waals surface area contributed by atoms with Crippen LogP contribution in [0.15, 0.2) is 70.2 Å². The van der Waals surface area contributed by atoms with E-state index in [2.05, 4.69) is 15.5 Å². The summed E-state index contributed by atoms with van der Waals surface area (Å²) < 4.78 is 5.80. The van der Waals surface area contributed by atoms with Gasteiger partial charge in [-0.25, -0.2) is 5.43 Å². The highest BCUT2D eigenvalue weighted by Gasteiger charge is 2.16. The van der Waals surface area contributed by atoms with E-state index in [1.54, 1.807) is 0 Å². The number of anilines is 1. The second-order valence-corrected chi connectivity index (χ2v) is 5.03. The van der Waals surface area contributed by atoms with Crippen LogP contribution >= 0.6 is 0 Å². The molecule has 3 N–H and O–H groups in total. The Labute approximate surface area is 139 Å². The van der Waals surface area contributed by atoms with Crippen molar-refractivity contribution >= 4 is 11.7 Å². The van der Waals surface area contributed by atoms with Gasteiger partial charge in [0.25, 0.3) is 0 Å². The third-order valence-electron chi connectivity index (χ3n) is 3.39. The molecule has 0 saturated heterocycles. The van der Waals surface area contributed by atoms with E-state index in [-0.39, 0.29) is 24.9 Å². The minimum Gasteiger partial charge on any atom is -0.422 e. The number of oxazole rings is 1. The van der Waals surface area contributed by atoms with Gasteiger partial charge in [-0.3, -0.25) is 0 Å². The SMILES string of the molecule is OCC(CO)=NNc1nc(-c2ccccc2)c(-c2ccccc2)o1. The monoisotopic (exact) mass is 323 g/mol. The molecule has 1 aromatic heterocycles. The first-order valence-electron chi connectivity index (χ1n) is 7.46. The minimum atomic E-state index is -0.346. The number of rotatable bonds is 6. The van der Waals surface area contributed by atoms with Crippen molar-refractivity contribution in [3.05, 3.63) is 60.7 Å². The molecule has 0 aliphatic carbocycles. The predicted molar refractivity (Wildman–Crippen MR) is 92.6 cm³/mol. The molecule has 24 heavy (non-hydrogen) atoms. The van der Waals surface area contributed by atoms with E-state index in [4.69, 9.17) is 14.6 Å². The highest BCUT2D eigenvalue weighted by molar-refractivity contribution is 5.87. The first-order chi connectivity index (χ1) is 11.8. The Balaban J connectivity index is 2.02. The summed E-state index contributed by atoms with van der Waals surface area (Å²) >= 11 is 0. The van der Waals surface area contributed by atoms with E-state index in [9.17, 15) is 0 Å². The molecule has 0 bridgehead atoms. The smallest absolute Gasteiger partial charge is 0.316 e. The molecule has 0 fully saturated rings. The van der Waals surface area contributed by atoms with Crippen LogP contribution in [0, 0.1) is 0 Å². The van der Waals surface area contributed by atoms with Gasteiger partial charge in [-0.1, -0.05) is 60.7 Å². The Hall–Kier alpha value is -2.96. The Morgan fingerprint density at radius 2 is 1.50 bits per heavy atom. The summed E-state index contributed by atoms with van der Waals surface area (Å²) in [6.07, 6.45) is 0. The topological polar surface area (TPSA) is 90.9 Å². The molecule has 0 aliphatic heterocycles. The summed E-state index contributed by atoms with van der Waals surface area (Å²) in [5, 5.41) is 22.0. The average Bonchev–Trinajstić information content (AvgIpc) is 3.08. The number of aromatic nitrogens is 1. The van der Waals surface area contributed by atoms with Gasteiger partial charge >= 0.3 is 6.01 Å². The molecule has 0 aliphatic rings. The molecule has 6 heteroatoms. The van der Waals surface area contributed by atoms with Crippen molar-refractivity contribution in [3.63, 3.8) is 0 Å². The second kappa shape index (κ2) is 7.54. The van der Waals surface area contributed by atoms with Crippen LogP contribution in [0.5, 0.6) is 0 Å². The van der Waals surface area contributed by atoms with Crippen LogP contribution in [-0.2, 0) is 0 Å². The van der Waals surface area contributed by atoms with Gasteiger partial charge in [0.05, 0.1) is 18.9 Å². The molecule has 2 aromatic carbocycles. The maximum atomic E-state index is 9.04. The van der Waals surface area contributed by atoms with Crippen molar-refractivity contribution in [1.82, 2.24) is 4.98 Å². The molecular formula is C18H17N3O3. The summed E-state index contributed by atoms with van der Waals surface area (Å²) in [6, 6.07) is 19.5. The van der Waals surface area contributed by atoms with Gasteiger partial charge in [0, 0.05) is 11.1 Å². The van der Waals surface area contributed by atoms with Gasteiger partial charge in [-0.15, -0.1) is 0 Å². The zero-order chi connectivity index (χ0) is 16.8. The normalized spacial score (nSPS) is 10.4. The number of aliphatic hydroxyl groups excluding tert-OH is 2. The fourth-order valence-corrected chi connectivity index (χ4v) is 2.19. The Morgan fingerprint density at radius 1 is 0.917 bits per heavy atom. The molecule has 3 aromatic rings. The lowest BCUT2D eigenvalue weighted by Gasteiger charge is -2.00. The molecule has 0 radical (unpaired) electrons. The van der Waals surface area contributed by atoms with Crippen molar-refractivity contribution in [2.24, 2.45) is 5.10 Å². The second-order valence-electron chi connectivity index (χ2n) is 5.03. The minimum absolute atomic E-state index is 0.187. The number of hydrogen-bond acceptors (Lipinski definition) is 6. The molecule has 0 unspecified atom stereocenters. The lowest BCUT2D eigenvalue weighted by Crippen LogP contribution is -2.11. The molecule has 0 spiro atoms. The summed E-state index contributed by atoms with van der Waals surface area (Å²) in [5.41, 5.74) is 5.33. The van der Waals surface area contributed by atoms with Gasteiger partial charge in [-0.2, -0.15) is 10.1 Å². The van der Waals surface area contributed by atoms with Crippen LogP contribution in [0.25, 0.3) is 22.6 Å². The van der Waals surface area contributed by atoms with Crippen LogP contribution < -0.4 is 5.43 Å². The molecule has 0 atom stereocenters. The van der Waals surface area contributed by atoms with Crippen LogP contribution in [0.4, 0.5) is 6.01 Å². The number of benzene rings is 2. The van der Waals surface area contributed by atoms with Crippen LogP contribution in [0.3, 0.4) is 0 Å². The zero-order valence-corrected chi connectivity index (χ0v) is 12.9. The fraction of sp³-hybridized carbons (Fsp3) is 0.111. The summed E-state index contributed by atoms with van der Waals surface area (Å²) in [7, 11) is 0. The molecule has 6 nitrogen and oxygen atoms in total. The third-order valence-corrected chi connectivity index (χ3v) is 3.39. The number of hydrazone groups is 1. The molecule has 3 rings (SSSR count).